The fourth-order valence-electron chi connectivity index (χ4n) is 4.33. The molecule has 1 saturated heterocycles. The van der Waals surface area contributed by atoms with Crippen molar-refractivity contribution in [1.29, 1.82) is 0 Å². The first-order valence-corrected chi connectivity index (χ1v) is 11.0. The maximum absolute atomic E-state index is 13.6. The first kappa shape index (κ1) is 21.3. The Morgan fingerprint density at radius 3 is 2.00 bits per heavy atom. The third-order valence-corrected chi connectivity index (χ3v) is 5.92. The third-order valence-electron chi connectivity index (χ3n) is 5.92. The maximum atomic E-state index is 13.6. The highest BCUT2D eigenvalue weighted by molar-refractivity contribution is 5.79. The molecule has 4 heteroatoms. The molecular formula is C27H29FN2O. The molecule has 0 N–H and O–H groups in total. The SMILES string of the molecule is O=C([C@@H]1CCCN(Cc2ccc(F)cc2)C1)N(Cc1ccccc1)Cc1ccccc1. The van der Waals surface area contributed by atoms with Gasteiger partial charge in [-0.3, -0.25) is 9.69 Å². The second-order valence-corrected chi connectivity index (χ2v) is 8.37. The largest absolute Gasteiger partial charge is 0.334 e. The molecule has 1 heterocycles. The highest BCUT2D eigenvalue weighted by Gasteiger charge is 2.29. The maximum Gasteiger partial charge on any atom is 0.227 e. The molecule has 0 saturated carbocycles. The molecule has 1 aliphatic rings. The summed E-state index contributed by atoms with van der Waals surface area (Å²) >= 11 is 0. The number of hydrogen-bond acceptors (Lipinski definition) is 2. The molecule has 0 bridgehead atoms. The van der Waals surface area contributed by atoms with E-state index in [2.05, 4.69) is 29.2 Å². The van der Waals surface area contributed by atoms with Gasteiger partial charge in [0.25, 0.3) is 0 Å². The van der Waals surface area contributed by atoms with Crippen LogP contribution in [-0.2, 0) is 24.4 Å². The topological polar surface area (TPSA) is 23.6 Å². The lowest BCUT2D eigenvalue weighted by Gasteiger charge is -2.35. The van der Waals surface area contributed by atoms with Crippen LogP contribution in [0.25, 0.3) is 0 Å². The molecule has 1 fully saturated rings. The van der Waals surface area contributed by atoms with Gasteiger partial charge in [-0.25, -0.2) is 4.39 Å². The summed E-state index contributed by atoms with van der Waals surface area (Å²) in [6, 6.07) is 27.1. The van der Waals surface area contributed by atoms with Crippen LogP contribution in [0.3, 0.4) is 0 Å². The van der Waals surface area contributed by atoms with E-state index in [1.54, 1.807) is 0 Å². The van der Waals surface area contributed by atoms with Crippen LogP contribution in [0.2, 0.25) is 0 Å². The minimum Gasteiger partial charge on any atom is -0.334 e. The summed E-state index contributed by atoms with van der Waals surface area (Å²) in [6.07, 6.45) is 1.92. The molecule has 1 amide bonds. The van der Waals surface area contributed by atoms with E-state index in [1.807, 2.05) is 53.4 Å². The average Bonchev–Trinajstić information content (AvgIpc) is 2.81. The zero-order valence-electron chi connectivity index (χ0n) is 17.8. The Morgan fingerprint density at radius 1 is 0.839 bits per heavy atom. The van der Waals surface area contributed by atoms with Gasteiger partial charge in [-0.1, -0.05) is 72.8 Å². The van der Waals surface area contributed by atoms with Crippen molar-refractivity contribution in [1.82, 2.24) is 9.80 Å². The standard InChI is InChI=1S/C27H29FN2O/c28-26-15-13-24(14-16-26)18-29-17-7-12-25(21-29)27(31)30(19-22-8-3-1-4-9-22)20-23-10-5-2-6-11-23/h1-6,8-11,13-16,25H,7,12,17-21H2/t25-/m1/s1. The van der Waals surface area contributed by atoms with Crippen LogP contribution < -0.4 is 0 Å². The highest BCUT2D eigenvalue weighted by Crippen LogP contribution is 2.23. The summed E-state index contributed by atoms with van der Waals surface area (Å²) in [5.41, 5.74) is 3.37. The van der Waals surface area contributed by atoms with Crippen LogP contribution >= 0.6 is 0 Å². The monoisotopic (exact) mass is 416 g/mol. The molecule has 0 aliphatic carbocycles. The van der Waals surface area contributed by atoms with Gasteiger partial charge in [0, 0.05) is 26.2 Å². The van der Waals surface area contributed by atoms with Crippen LogP contribution in [0.5, 0.6) is 0 Å². The van der Waals surface area contributed by atoms with Gasteiger partial charge in [-0.15, -0.1) is 0 Å². The molecular weight excluding hydrogens is 387 g/mol. The van der Waals surface area contributed by atoms with Crippen molar-refractivity contribution in [2.24, 2.45) is 5.92 Å². The van der Waals surface area contributed by atoms with Gasteiger partial charge in [0.05, 0.1) is 5.92 Å². The number of rotatable bonds is 7. The molecule has 3 nitrogen and oxygen atoms in total. The van der Waals surface area contributed by atoms with Gasteiger partial charge >= 0.3 is 0 Å². The Morgan fingerprint density at radius 2 is 1.42 bits per heavy atom. The van der Waals surface area contributed by atoms with Crippen molar-refractivity contribution >= 4 is 5.91 Å². The lowest BCUT2D eigenvalue weighted by atomic mass is 9.95. The summed E-state index contributed by atoms with van der Waals surface area (Å²) < 4.78 is 13.2. The number of carbonyl (C=O) groups is 1. The predicted octanol–water partition coefficient (Wildman–Crippen LogP) is 5.27. The summed E-state index contributed by atoms with van der Waals surface area (Å²) in [7, 11) is 0. The van der Waals surface area contributed by atoms with E-state index in [0.717, 1.165) is 49.2 Å². The van der Waals surface area contributed by atoms with Crippen molar-refractivity contribution in [3.8, 4) is 0 Å². The van der Waals surface area contributed by atoms with E-state index in [9.17, 15) is 9.18 Å². The van der Waals surface area contributed by atoms with Crippen LogP contribution in [0.15, 0.2) is 84.9 Å². The number of amides is 1. The molecule has 0 radical (unpaired) electrons. The highest BCUT2D eigenvalue weighted by atomic mass is 19.1. The van der Waals surface area contributed by atoms with Gasteiger partial charge in [0.1, 0.15) is 5.82 Å². The number of likely N-dealkylation sites (tertiary alicyclic amines) is 1. The summed E-state index contributed by atoms with van der Waals surface area (Å²) in [6.45, 7) is 3.70. The average molecular weight is 417 g/mol. The van der Waals surface area contributed by atoms with E-state index < -0.39 is 0 Å². The summed E-state index contributed by atoms with van der Waals surface area (Å²) in [5, 5.41) is 0. The van der Waals surface area contributed by atoms with E-state index in [4.69, 9.17) is 0 Å². The second kappa shape index (κ2) is 10.4. The lowest BCUT2D eigenvalue weighted by Crippen LogP contribution is -2.44. The number of benzene rings is 3. The van der Waals surface area contributed by atoms with Crippen molar-refractivity contribution in [2.45, 2.75) is 32.5 Å². The van der Waals surface area contributed by atoms with Crippen LogP contribution in [0.4, 0.5) is 4.39 Å². The van der Waals surface area contributed by atoms with E-state index in [1.165, 1.54) is 12.1 Å². The Bertz CT molecular complexity index is 918. The Kier molecular flexibility index (Phi) is 7.11. The smallest absolute Gasteiger partial charge is 0.227 e. The fourth-order valence-corrected chi connectivity index (χ4v) is 4.33. The van der Waals surface area contributed by atoms with Crippen molar-refractivity contribution in [3.63, 3.8) is 0 Å². The molecule has 0 unspecified atom stereocenters. The zero-order valence-corrected chi connectivity index (χ0v) is 17.8. The van der Waals surface area contributed by atoms with Crippen molar-refractivity contribution in [3.05, 3.63) is 107 Å². The Balaban J connectivity index is 1.46. The Labute approximate surface area is 184 Å². The number of carbonyl (C=O) groups excluding carboxylic acids is 1. The first-order chi connectivity index (χ1) is 15.2. The van der Waals surface area contributed by atoms with Crippen LogP contribution in [0, 0.1) is 11.7 Å². The van der Waals surface area contributed by atoms with Gasteiger partial charge in [-0.05, 0) is 48.2 Å². The third kappa shape index (κ3) is 6.02. The van der Waals surface area contributed by atoms with E-state index in [-0.39, 0.29) is 17.6 Å². The number of piperidine rings is 1. The van der Waals surface area contributed by atoms with Gasteiger partial charge in [0.15, 0.2) is 0 Å². The quantitative estimate of drug-likeness (QED) is 0.524. The fraction of sp³-hybridized carbons (Fsp3) is 0.296. The predicted molar refractivity (Wildman–Crippen MR) is 122 cm³/mol. The number of halogens is 1. The molecule has 3 aromatic rings. The number of nitrogens with zero attached hydrogens (tertiary/aromatic N) is 2. The zero-order chi connectivity index (χ0) is 21.5. The molecule has 31 heavy (non-hydrogen) atoms. The van der Waals surface area contributed by atoms with Gasteiger partial charge in [-0.2, -0.15) is 0 Å². The van der Waals surface area contributed by atoms with Gasteiger partial charge < -0.3 is 4.90 Å². The molecule has 3 aromatic carbocycles. The molecule has 0 aromatic heterocycles. The summed E-state index contributed by atoms with van der Waals surface area (Å²) in [5.74, 6) is -0.00829. The molecule has 1 aliphatic heterocycles. The normalized spacial score (nSPS) is 16.7. The Hall–Kier alpha value is -2.98. The van der Waals surface area contributed by atoms with Crippen molar-refractivity contribution in [2.75, 3.05) is 13.1 Å². The minimum absolute atomic E-state index is 0.0124. The molecule has 0 spiro atoms. The van der Waals surface area contributed by atoms with E-state index in [0.29, 0.717) is 13.1 Å². The lowest BCUT2D eigenvalue weighted by molar-refractivity contribution is -0.138. The van der Waals surface area contributed by atoms with Crippen molar-refractivity contribution < 1.29 is 9.18 Å². The van der Waals surface area contributed by atoms with E-state index >= 15 is 0 Å². The van der Waals surface area contributed by atoms with Crippen LogP contribution in [-0.4, -0.2) is 28.8 Å². The molecule has 1 atom stereocenters. The number of hydrogen-bond donors (Lipinski definition) is 0. The second-order valence-electron chi connectivity index (χ2n) is 8.37. The van der Waals surface area contributed by atoms with Crippen LogP contribution in [0.1, 0.15) is 29.5 Å². The van der Waals surface area contributed by atoms with Gasteiger partial charge in [0.2, 0.25) is 5.91 Å². The molecule has 4 rings (SSSR count). The minimum atomic E-state index is -0.215. The summed E-state index contributed by atoms with van der Waals surface area (Å²) in [4.78, 5) is 17.9. The molecule has 160 valence electrons. The first-order valence-electron chi connectivity index (χ1n) is 11.0.